The minimum absolute atomic E-state index is 0.0187. The Morgan fingerprint density at radius 3 is 2.52 bits per heavy atom. The van der Waals surface area contributed by atoms with Gasteiger partial charge < -0.3 is 10.1 Å². The van der Waals surface area contributed by atoms with Crippen molar-refractivity contribution in [1.82, 2.24) is 15.3 Å². The number of carbonyl (C=O) groups is 2. The van der Waals surface area contributed by atoms with Gasteiger partial charge in [-0.1, -0.05) is 18.2 Å². The van der Waals surface area contributed by atoms with Crippen LogP contribution < -0.4 is 5.32 Å². The minimum Gasteiger partial charge on any atom is -0.458 e. The first-order chi connectivity index (χ1) is 13.1. The van der Waals surface area contributed by atoms with Crippen LogP contribution in [0.5, 0.6) is 0 Å². The zero-order valence-corrected chi connectivity index (χ0v) is 16.4. The van der Waals surface area contributed by atoms with Crippen molar-refractivity contribution in [2.75, 3.05) is 0 Å². The van der Waals surface area contributed by atoms with Crippen LogP contribution in [-0.2, 0) is 14.3 Å². The molecule has 3 aliphatic rings. The molecule has 0 bridgehead atoms. The molecule has 0 radical (unpaired) electrons. The Labute approximate surface area is 164 Å². The van der Waals surface area contributed by atoms with E-state index in [4.69, 9.17) is 4.74 Å². The summed E-state index contributed by atoms with van der Waals surface area (Å²) in [5, 5.41) is 4.55. The van der Waals surface area contributed by atoms with Crippen LogP contribution in [-0.4, -0.2) is 38.7 Å². The standard InChI is InChI=1S/C20H27N3O3S/c24-17-13-16(20(26-17)9-2-1-3-10-20)18(25)23-14-5-7-15(8-6-14)27-19-21-11-4-12-22-19/h4,11-12,14-16H,1-3,5-10,13H2,(H,23,25). The Morgan fingerprint density at radius 2 is 1.81 bits per heavy atom. The van der Waals surface area contributed by atoms with E-state index in [1.165, 1.54) is 6.42 Å². The Morgan fingerprint density at radius 1 is 1.11 bits per heavy atom. The second kappa shape index (κ2) is 8.17. The van der Waals surface area contributed by atoms with Gasteiger partial charge in [-0.05, 0) is 57.4 Å². The number of nitrogens with zero attached hydrogens (tertiary/aromatic N) is 2. The van der Waals surface area contributed by atoms with Gasteiger partial charge in [0.05, 0.1) is 12.3 Å². The lowest BCUT2D eigenvalue weighted by Crippen LogP contribution is -2.49. The summed E-state index contributed by atoms with van der Waals surface area (Å²) in [6.45, 7) is 0. The van der Waals surface area contributed by atoms with Crippen LogP contribution >= 0.6 is 11.8 Å². The quantitative estimate of drug-likeness (QED) is 0.629. The average molecular weight is 390 g/mol. The van der Waals surface area contributed by atoms with Gasteiger partial charge >= 0.3 is 5.97 Å². The maximum Gasteiger partial charge on any atom is 0.307 e. The molecule has 1 aromatic rings. The number of nitrogens with one attached hydrogen (secondary N) is 1. The van der Waals surface area contributed by atoms with Crippen molar-refractivity contribution in [2.45, 2.75) is 86.3 Å². The van der Waals surface area contributed by atoms with E-state index in [0.29, 0.717) is 5.25 Å². The van der Waals surface area contributed by atoms with Crippen molar-refractivity contribution in [2.24, 2.45) is 5.92 Å². The predicted molar refractivity (Wildman–Crippen MR) is 102 cm³/mol. The molecule has 1 aromatic heterocycles. The molecule has 1 amide bonds. The predicted octanol–water partition coefficient (Wildman–Crippen LogP) is 3.26. The smallest absolute Gasteiger partial charge is 0.307 e. The SMILES string of the molecule is O=C1CC(C(=O)NC2CCC(Sc3ncccn3)CC2)C2(CCCCC2)O1. The van der Waals surface area contributed by atoms with Crippen molar-refractivity contribution in [3.05, 3.63) is 18.5 Å². The van der Waals surface area contributed by atoms with E-state index in [2.05, 4.69) is 15.3 Å². The van der Waals surface area contributed by atoms with E-state index in [1.54, 1.807) is 24.2 Å². The fourth-order valence-electron chi connectivity index (χ4n) is 4.75. The topological polar surface area (TPSA) is 81.2 Å². The van der Waals surface area contributed by atoms with Crippen LogP contribution in [0.2, 0.25) is 0 Å². The van der Waals surface area contributed by atoms with E-state index in [1.807, 2.05) is 6.07 Å². The number of thioether (sulfide) groups is 1. The molecule has 2 saturated carbocycles. The van der Waals surface area contributed by atoms with Gasteiger partial charge in [0.2, 0.25) is 5.91 Å². The molecule has 0 aromatic carbocycles. The molecular formula is C20H27N3O3S. The van der Waals surface area contributed by atoms with Gasteiger partial charge in [-0.3, -0.25) is 9.59 Å². The zero-order chi connectivity index (χ0) is 18.7. The third-order valence-electron chi connectivity index (χ3n) is 6.17. The second-order valence-corrected chi connectivity index (χ2v) is 9.26. The Kier molecular flexibility index (Phi) is 5.66. The van der Waals surface area contributed by atoms with Crippen molar-refractivity contribution in [3.63, 3.8) is 0 Å². The molecule has 4 rings (SSSR count). The number of ether oxygens (including phenoxy) is 1. The number of hydrogen-bond acceptors (Lipinski definition) is 6. The molecular weight excluding hydrogens is 362 g/mol. The first kappa shape index (κ1) is 18.7. The second-order valence-electron chi connectivity index (χ2n) is 7.99. The number of rotatable bonds is 4. The van der Waals surface area contributed by atoms with Crippen molar-refractivity contribution in [3.8, 4) is 0 Å². The lowest BCUT2D eigenvalue weighted by molar-refractivity contribution is -0.153. The monoisotopic (exact) mass is 389 g/mol. The summed E-state index contributed by atoms with van der Waals surface area (Å²) in [5.41, 5.74) is -0.531. The van der Waals surface area contributed by atoms with E-state index in [-0.39, 0.29) is 30.3 Å². The van der Waals surface area contributed by atoms with Crippen LogP contribution in [0.3, 0.4) is 0 Å². The Balaban J connectivity index is 1.29. The van der Waals surface area contributed by atoms with Gasteiger partial charge in [-0.25, -0.2) is 9.97 Å². The molecule has 2 aliphatic carbocycles. The van der Waals surface area contributed by atoms with E-state index in [0.717, 1.165) is 56.5 Å². The van der Waals surface area contributed by atoms with Gasteiger partial charge in [-0.15, -0.1) is 0 Å². The van der Waals surface area contributed by atoms with Crippen molar-refractivity contribution >= 4 is 23.6 Å². The minimum atomic E-state index is -0.531. The van der Waals surface area contributed by atoms with Crippen LogP contribution in [0, 0.1) is 5.92 Å². The molecule has 2 heterocycles. The van der Waals surface area contributed by atoms with Crippen molar-refractivity contribution < 1.29 is 14.3 Å². The van der Waals surface area contributed by atoms with Crippen molar-refractivity contribution in [1.29, 1.82) is 0 Å². The lowest BCUT2D eigenvalue weighted by Gasteiger charge is -2.37. The summed E-state index contributed by atoms with van der Waals surface area (Å²) in [6, 6.07) is 2.02. The third kappa shape index (κ3) is 4.28. The molecule has 1 saturated heterocycles. The van der Waals surface area contributed by atoms with E-state index < -0.39 is 5.60 Å². The van der Waals surface area contributed by atoms with E-state index >= 15 is 0 Å². The van der Waals surface area contributed by atoms with Gasteiger partial charge in [0.25, 0.3) is 0 Å². The molecule has 146 valence electrons. The third-order valence-corrected chi connectivity index (χ3v) is 7.40. The maximum atomic E-state index is 12.9. The maximum absolute atomic E-state index is 12.9. The lowest BCUT2D eigenvalue weighted by atomic mass is 9.75. The average Bonchev–Trinajstić information content (AvgIpc) is 3.00. The molecule has 27 heavy (non-hydrogen) atoms. The highest BCUT2D eigenvalue weighted by Crippen LogP contribution is 2.44. The molecule has 1 spiro atoms. The highest BCUT2D eigenvalue weighted by molar-refractivity contribution is 7.99. The van der Waals surface area contributed by atoms with Crippen LogP contribution in [0.4, 0.5) is 0 Å². The number of esters is 1. The first-order valence-corrected chi connectivity index (χ1v) is 11.0. The number of aromatic nitrogens is 2. The van der Waals surface area contributed by atoms with Crippen LogP contribution in [0.1, 0.15) is 64.2 Å². The fourth-order valence-corrected chi connectivity index (χ4v) is 5.80. The van der Waals surface area contributed by atoms with E-state index in [9.17, 15) is 9.59 Å². The molecule has 7 heteroatoms. The highest BCUT2D eigenvalue weighted by Gasteiger charge is 2.53. The molecule has 3 fully saturated rings. The first-order valence-electron chi connectivity index (χ1n) is 10.1. The summed E-state index contributed by atoms with van der Waals surface area (Å²) in [6.07, 6.45) is 12.7. The van der Waals surface area contributed by atoms with Gasteiger partial charge in [0.1, 0.15) is 5.60 Å². The Bertz CT molecular complexity index is 670. The molecule has 1 atom stereocenters. The fraction of sp³-hybridized carbons (Fsp3) is 0.700. The van der Waals surface area contributed by atoms with Crippen LogP contribution in [0.25, 0.3) is 0 Å². The van der Waals surface area contributed by atoms with Gasteiger partial charge in [0.15, 0.2) is 5.16 Å². The van der Waals surface area contributed by atoms with Gasteiger partial charge in [0, 0.05) is 23.7 Å². The normalized spacial score (nSPS) is 30.1. The summed E-state index contributed by atoms with van der Waals surface area (Å²) in [7, 11) is 0. The summed E-state index contributed by atoms with van der Waals surface area (Å²) in [4.78, 5) is 33.4. The molecule has 1 unspecified atom stereocenters. The molecule has 1 N–H and O–H groups in total. The number of hydrogen-bond donors (Lipinski definition) is 1. The molecule has 6 nitrogen and oxygen atoms in total. The Hall–Kier alpha value is -1.63. The number of carbonyl (C=O) groups excluding carboxylic acids is 2. The zero-order valence-electron chi connectivity index (χ0n) is 15.6. The highest BCUT2D eigenvalue weighted by atomic mass is 32.2. The van der Waals surface area contributed by atoms with Crippen LogP contribution in [0.15, 0.2) is 23.6 Å². The largest absolute Gasteiger partial charge is 0.458 e. The summed E-state index contributed by atoms with van der Waals surface area (Å²) in [5.74, 6) is -0.500. The van der Waals surface area contributed by atoms with Gasteiger partial charge in [-0.2, -0.15) is 0 Å². The summed E-state index contributed by atoms with van der Waals surface area (Å²) < 4.78 is 5.68. The number of amides is 1. The molecule has 1 aliphatic heterocycles. The summed E-state index contributed by atoms with van der Waals surface area (Å²) >= 11 is 1.73.